The first-order valence-corrected chi connectivity index (χ1v) is 8.71. The molecule has 9 nitrogen and oxygen atoms in total. The molecule has 4 rings (SSSR count). The Labute approximate surface area is 159 Å². The van der Waals surface area contributed by atoms with Crippen molar-refractivity contribution < 1.29 is 14.1 Å². The van der Waals surface area contributed by atoms with Gasteiger partial charge in [0.15, 0.2) is 5.82 Å². The van der Waals surface area contributed by atoms with E-state index in [4.69, 9.17) is 20.9 Å². The minimum absolute atomic E-state index is 0.265. The van der Waals surface area contributed by atoms with Gasteiger partial charge in [-0.1, -0.05) is 16.8 Å². The first kappa shape index (κ1) is 17.5. The maximum atomic E-state index is 12.7. The van der Waals surface area contributed by atoms with Gasteiger partial charge < -0.3 is 19.5 Å². The number of aryl methyl sites for hydroxylation is 1. The molecule has 0 bridgehead atoms. The molecule has 0 unspecified atom stereocenters. The zero-order chi connectivity index (χ0) is 18.8. The molecule has 1 N–H and O–H groups in total. The van der Waals surface area contributed by atoms with Crippen LogP contribution in [-0.2, 0) is 11.8 Å². The molecule has 1 aliphatic heterocycles. The third kappa shape index (κ3) is 3.79. The van der Waals surface area contributed by atoms with Crippen molar-refractivity contribution in [1.82, 2.24) is 24.8 Å². The average molecular weight is 389 g/mol. The summed E-state index contributed by atoms with van der Waals surface area (Å²) in [6.45, 7) is 1.15. The summed E-state index contributed by atoms with van der Waals surface area (Å²) in [6, 6.07) is 6.20. The molecule has 3 aromatic rings. The zero-order valence-electron chi connectivity index (χ0n) is 14.5. The van der Waals surface area contributed by atoms with Crippen LogP contribution in [0, 0.1) is 0 Å². The SMILES string of the molecule is Cn1cc(-c2nc([C@@H]3COCCN3C(=O)Nc3ccc(Cl)cc3)no2)cn1. The number of nitrogens with one attached hydrogen (secondary N) is 1. The fourth-order valence-electron chi connectivity index (χ4n) is 2.81. The monoisotopic (exact) mass is 388 g/mol. The molecule has 2 aromatic heterocycles. The quantitative estimate of drug-likeness (QED) is 0.740. The highest BCUT2D eigenvalue weighted by atomic mass is 35.5. The average Bonchev–Trinajstić information content (AvgIpc) is 3.32. The molecular formula is C17H17ClN6O3. The van der Waals surface area contributed by atoms with Crippen LogP contribution in [0.25, 0.3) is 11.5 Å². The number of aromatic nitrogens is 4. The third-order valence-corrected chi connectivity index (χ3v) is 4.43. The number of amides is 2. The summed E-state index contributed by atoms with van der Waals surface area (Å²) in [4.78, 5) is 18.8. The number of hydrogen-bond donors (Lipinski definition) is 1. The normalized spacial score (nSPS) is 17.1. The first-order valence-electron chi connectivity index (χ1n) is 8.34. The summed E-state index contributed by atoms with van der Waals surface area (Å²) in [5, 5.41) is 11.6. The fraction of sp³-hybridized carbons (Fsp3) is 0.294. The molecule has 140 valence electrons. The molecule has 0 radical (unpaired) electrons. The molecule has 10 heteroatoms. The number of halogens is 1. The Hall–Kier alpha value is -2.91. The van der Waals surface area contributed by atoms with Gasteiger partial charge in [-0.3, -0.25) is 4.68 Å². The van der Waals surface area contributed by atoms with Crippen molar-refractivity contribution in [1.29, 1.82) is 0 Å². The maximum Gasteiger partial charge on any atom is 0.322 e. The lowest BCUT2D eigenvalue weighted by molar-refractivity contribution is 0.0110. The van der Waals surface area contributed by atoms with Gasteiger partial charge >= 0.3 is 6.03 Å². The summed E-state index contributed by atoms with van der Waals surface area (Å²) >= 11 is 5.88. The highest BCUT2D eigenvalue weighted by Crippen LogP contribution is 2.26. The number of morpholine rings is 1. The number of carbonyl (C=O) groups is 1. The number of anilines is 1. The third-order valence-electron chi connectivity index (χ3n) is 4.18. The van der Waals surface area contributed by atoms with Crippen LogP contribution in [-0.4, -0.2) is 50.6 Å². The molecule has 1 saturated heterocycles. The van der Waals surface area contributed by atoms with Crippen molar-refractivity contribution in [2.45, 2.75) is 6.04 Å². The van der Waals surface area contributed by atoms with Gasteiger partial charge in [-0.2, -0.15) is 10.1 Å². The van der Waals surface area contributed by atoms with Crippen LogP contribution < -0.4 is 5.32 Å². The Kier molecular flexibility index (Phi) is 4.78. The van der Waals surface area contributed by atoms with Crippen molar-refractivity contribution in [3.05, 3.63) is 47.5 Å². The van der Waals surface area contributed by atoms with E-state index in [9.17, 15) is 4.79 Å². The van der Waals surface area contributed by atoms with E-state index in [2.05, 4.69) is 20.6 Å². The fourth-order valence-corrected chi connectivity index (χ4v) is 2.93. The molecule has 0 aliphatic carbocycles. The molecule has 27 heavy (non-hydrogen) atoms. The number of nitrogens with zero attached hydrogens (tertiary/aromatic N) is 5. The molecule has 0 saturated carbocycles. The Morgan fingerprint density at radius 2 is 2.15 bits per heavy atom. The minimum atomic E-state index is -0.444. The van der Waals surface area contributed by atoms with E-state index in [1.807, 2.05) is 0 Å². The molecule has 1 aliphatic rings. The molecular weight excluding hydrogens is 372 g/mol. The van der Waals surface area contributed by atoms with E-state index in [0.29, 0.717) is 47.7 Å². The highest BCUT2D eigenvalue weighted by molar-refractivity contribution is 6.30. The van der Waals surface area contributed by atoms with E-state index < -0.39 is 6.04 Å². The van der Waals surface area contributed by atoms with Crippen molar-refractivity contribution in [3.63, 3.8) is 0 Å². The molecule has 1 aromatic carbocycles. The predicted octanol–water partition coefficient (Wildman–Crippen LogP) is 2.73. The number of ether oxygens (including phenoxy) is 1. The lowest BCUT2D eigenvalue weighted by Crippen LogP contribution is -2.45. The van der Waals surface area contributed by atoms with Gasteiger partial charge in [0, 0.05) is 30.5 Å². The number of urea groups is 1. The number of hydrogen-bond acceptors (Lipinski definition) is 6. The first-order chi connectivity index (χ1) is 13.1. The van der Waals surface area contributed by atoms with Gasteiger partial charge in [0.05, 0.1) is 25.0 Å². The van der Waals surface area contributed by atoms with Crippen LogP contribution in [0.5, 0.6) is 0 Å². The number of carbonyl (C=O) groups excluding carboxylic acids is 1. The van der Waals surface area contributed by atoms with Crippen molar-refractivity contribution >= 4 is 23.3 Å². The van der Waals surface area contributed by atoms with Crippen LogP contribution in [0.2, 0.25) is 5.02 Å². The summed E-state index contributed by atoms with van der Waals surface area (Å²) in [7, 11) is 1.80. The van der Waals surface area contributed by atoms with Crippen molar-refractivity contribution in [3.8, 4) is 11.5 Å². The summed E-state index contributed by atoms with van der Waals surface area (Å²) in [5.74, 6) is 0.738. The second kappa shape index (κ2) is 7.37. The van der Waals surface area contributed by atoms with Crippen LogP contribution in [0.1, 0.15) is 11.9 Å². The van der Waals surface area contributed by atoms with Crippen LogP contribution >= 0.6 is 11.6 Å². The minimum Gasteiger partial charge on any atom is -0.377 e. The van der Waals surface area contributed by atoms with E-state index in [1.54, 1.807) is 53.3 Å². The molecule has 3 heterocycles. The lowest BCUT2D eigenvalue weighted by atomic mass is 10.2. The Morgan fingerprint density at radius 3 is 2.89 bits per heavy atom. The van der Waals surface area contributed by atoms with Gasteiger partial charge in [0.25, 0.3) is 5.89 Å². The maximum absolute atomic E-state index is 12.7. The summed E-state index contributed by atoms with van der Waals surface area (Å²) in [5.41, 5.74) is 1.36. The van der Waals surface area contributed by atoms with Gasteiger partial charge in [-0.05, 0) is 24.3 Å². The second-order valence-corrected chi connectivity index (χ2v) is 6.52. The Bertz CT molecular complexity index is 938. The lowest BCUT2D eigenvalue weighted by Gasteiger charge is -2.33. The standard InChI is InChI=1S/C17H17ClN6O3/c1-23-9-11(8-19-23)16-21-15(22-27-16)14-10-26-7-6-24(14)17(25)20-13-4-2-12(18)3-5-13/h2-5,8-9,14H,6-7,10H2,1H3,(H,20,25)/t14-/m0/s1. The topological polar surface area (TPSA) is 98.3 Å². The Morgan fingerprint density at radius 1 is 1.33 bits per heavy atom. The summed E-state index contributed by atoms with van der Waals surface area (Å²) < 4.78 is 12.5. The van der Waals surface area contributed by atoms with Crippen molar-refractivity contribution in [2.75, 3.05) is 25.1 Å². The van der Waals surface area contributed by atoms with Crippen molar-refractivity contribution in [2.24, 2.45) is 7.05 Å². The van der Waals surface area contributed by atoms with Crippen LogP contribution in [0.3, 0.4) is 0 Å². The molecule has 0 spiro atoms. The second-order valence-electron chi connectivity index (χ2n) is 6.08. The van der Waals surface area contributed by atoms with Crippen LogP contribution in [0.15, 0.2) is 41.2 Å². The van der Waals surface area contributed by atoms with Crippen LogP contribution in [0.4, 0.5) is 10.5 Å². The Balaban J connectivity index is 1.53. The van der Waals surface area contributed by atoms with E-state index in [1.165, 1.54) is 0 Å². The largest absolute Gasteiger partial charge is 0.377 e. The summed E-state index contributed by atoms with van der Waals surface area (Å²) in [6.07, 6.45) is 3.42. The van der Waals surface area contributed by atoms with Gasteiger partial charge in [-0.25, -0.2) is 4.79 Å². The molecule has 1 fully saturated rings. The van der Waals surface area contributed by atoms with Gasteiger partial charge in [0.1, 0.15) is 6.04 Å². The molecule has 1 atom stereocenters. The van der Waals surface area contributed by atoms with Gasteiger partial charge in [0.2, 0.25) is 0 Å². The molecule has 2 amide bonds. The van der Waals surface area contributed by atoms with Gasteiger partial charge in [-0.15, -0.1) is 0 Å². The van der Waals surface area contributed by atoms with E-state index in [0.717, 1.165) is 0 Å². The smallest absolute Gasteiger partial charge is 0.322 e. The predicted molar refractivity (Wildman–Crippen MR) is 97.2 cm³/mol. The van der Waals surface area contributed by atoms with E-state index >= 15 is 0 Å². The number of rotatable bonds is 3. The zero-order valence-corrected chi connectivity index (χ0v) is 15.3. The highest BCUT2D eigenvalue weighted by Gasteiger charge is 2.32. The number of benzene rings is 1. The van der Waals surface area contributed by atoms with E-state index in [-0.39, 0.29) is 6.03 Å².